The van der Waals surface area contributed by atoms with Crippen LogP contribution in [0.25, 0.3) is 0 Å². The van der Waals surface area contributed by atoms with E-state index in [0.717, 1.165) is 0 Å². The monoisotopic (exact) mass is 309 g/mol. The Hall–Kier alpha value is -3.17. The maximum atomic E-state index is 12.5. The number of hydrazine groups is 1. The van der Waals surface area contributed by atoms with E-state index in [4.69, 9.17) is 5.26 Å². The van der Waals surface area contributed by atoms with Crippen molar-refractivity contribution in [2.24, 2.45) is 0 Å². The molecule has 2 aromatic carbocycles. The summed E-state index contributed by atoms with van der Waals surface area (Å²) in [5.41, 5.74) is 3.02. The van der Waals surface area contributed by atoms with Gasteiger partial charge in [0, 0.05) is 0 Å². The summed E-state index contributed by atoms with van der Waals surface area (Å²) < 4.78 is 0. The van der Waals surface area contributed by atoms with Crippen LogP contribution in [-0.2, 0) is 15.2 Å². The van der Waals surface area contributed by atoms with Crippen molar-refractivity contribution in [3.63, 3.8) is 0 Å². The number of nitriles is 1. The Labute approximate surface area is 133 Å². The Kier molecular flexibility index (Phi) is 5.07. The lowest BCUT2D eigenvalue weighted by atomic mass is 9.85. The van der Waals surface area contributed by atoms with E-state index >= 15 is 0 Å². The third-order valence-electron chi connectivity index (χ3n) is 3.27. The average Bonchev–Trinajstić information content (AvgIpc) is 2.60. The van der Waals surface area contributed by atoms with Gasteiger partial charge in [0.1, 0.15) is 6.42 Å². The Bertz CT molecular complexity index is 684. The Morgan fingerprint density at radius 3 is 1.87 bits per heavy atom. The van der Waals surface area contributed by atoms with E-state index in [1.54, 1.807) is 66.7 Å². The van der Waals surface area contributed by atoms with E-state index in [1.807, 2.05) is 0 Å². The normalized spacial score (nSPS) is 10.4. The first-order valence-corrected chi connectivity index (χ1v) is 6.88. The molecule has 2 aromatic rings. The zero-order chi connectivity index (χ0) is 16.7. The summed E-state index contributed by atoms with van der Waals surface area (Å²) >= 11 is 0. The predicted molar refractivity (Wildman–Crippen MR) is 82.4 cm³/mol. The first-order valence-electron chi connectivity index (χ1n) is 6.88. The first kappa shape index (κ1) is 16.2. The second-order valence-corrected chi connectivity index (χ2v) is 4.78. The summed E-state index contributed by atoms with van der Waals surface area (Å²) in [5.74, 6) is -1.48. The van der Waals surface area contributed by atoms with E-state index in [2.05, 4.69) is 10.9 Å². The maximum absolute atomic E-state index is 12.5. The molecule has 0 aromatic heterocycles. The third kappa shape index (κ3) is 3.54. The summed E-state index contributed by atoms with van der Waals surface area (Å²) in [6.07, 6.45) is -0.393. The lowest BCUT2D eigenvalue weighted by molar-refractivity contribution is -0.140. The van der Waals surface area contributed by atoms with E-state index in [0.29, 0.717) is 11.1 Å². The van der Waals surface area contributed by atoms with Gasteiger partial charge in [-0.2, -0.15) is 5.26 Å². The maximum Gasteiger partial charge on any atom is 0.279 e. The highest BCUT2D eigenvalue weighted by atomic mass is 16.3. The zero-order valence-corrected chi connectivity index (χ0v) is 12.2. The van der Waals surface area contributed by atoms with Crippen LogP contribution in [0.15, 0.2) is 60.7 Å². The largest absolute Gasteiger partial charge is 0.372 e. The quantitative estimate of drug-likeness (QED) is 0.733. The van der Waals surface area contributed by atoms with Crippen molar-refractivity contribution in [3.8, 4) is 6.07 Å². The smallest absolute Gasteiger partial charge is 0.279 e. The summed E-state index contributed by atoms with van der Waals surface area (Å²) in [4.78, 5) is 23.8. The number of hydrogen-bond acceptors (Lipinski definition) is 4. The van der Waals surface area contributed by atoms with Crippen molar-refractivity contribution in [2.45, 2.75) is 12.0 Å². The highest BCUT2D eigenvalue weighted by molar-refractivity contribution is 5.91. The van der Waals surface area contributed by atoms with Gasteiger partial charge in [0.25, 0.3) is 11.8 Å². The number of hydrogen-bond donors (Lipinski definition) is 3. The van der Waals surface area contributed by atoms with Gasteiger partial charge in [0.05, 0.1) is 6.07 Å². The van der Waals surface area contributed by atoms with Crippen molar-refractivity contribution >= 4 is 11.8 Å². The van der Waals surface area contributed by atoms with Gasteiger partial charge in [-0.05, 0) is 11.1 Å². The van der Waals surface area contributed by atoms with Crippen LogP contribution in [0.1, 0.15) is 17.5 Å². The molecule has 23 heavy (non-hydrogen) atoms. The zero-order valence-electron chi connectivity index (χ0n) is 12.2. The number of carbonyl (C=O) groups excluding carboxylic acids is 2. The number of carbonyl (C=O) groups is 2. The molecule has 2 rings (SSSR count). The molecule has 0 atom stereocenters. The van der Waals surface area contributed by atoms with Crippen molar-refractivity contribution < 1.29 is 14.7 Å². The lowest BCUT2D eigenvalue weighted by Crippen LogP contribution is -2.52. The second kappa shape index (κ2) is 7.20. The van der Waals surface area contributed by atoms with Gasteiger partial charge in [-0.25, -0.2) is 0 Å². The Balaban J connectivity index is 2.34. The number of nitrogens with one attached hydrogen (secondary N) is 2. The third-order valence-corrected chi connectivity index (χ3v) is 3.27. The molecule has 3 N–H and O–H groups in total. The van der Waals surface area contributed by atoms with Crippen LogP contribution in [0, 0.1) is 11.3 Å². The number of aliphatic hydroxyl groups is 1. The number of rotatable bonds is 4. The van der Waals surface area contributed by atoms with Crippen molar-refractivity contribution in [1.29, 1.82) is 5.26 Å². The van der Waals surface area contributed by atoms with Crippen LogP contribution in [0.5, 0.6) is 0 Å². The van der Waals surface area contributed by atoms with Gasteiger partial charge >= 0.3 is 0 Å². The number of benzene rings is 2. The SMILES string of the molecule is N#CCC(=O)NNC(=O)C(O)(c1ccccc1)c1ccccc1. The molecule has 6 heteroatoms. The van der Waals surface area contributed by atoms with Gasteiger partial charge in [-0.3, -0.25) is 20.4 Å². The van der Waals surface area contributed by atoms with Crippen LogP contribution in [0.3, 0.4) is 0 Å². The van der Waals surface area contributed by atoms with Crippen LogP contribution in [0.2, 0.25) is 0 Å². The van der Waals surface area contributed by atoms with Gasteiger partial charge in [-0.15, -0.1) is 0 Å². The van der Waals surface area contributed by atoms with Gasteiger partial charge in [0.15, 0.2) is 5.60 Å². The molecule has 0 saturated heterocycles. The van der Waals surface area contributed by atoms with E-state index < -0.39 is 23.8 Å². The van der Waals surface area contributed by atoms with Crippen LogP contribution in [0.4, 0.5) is 0 Å². The molecule has 0 spiro atoms. The Morgan fingerprint density at radius 1 is 0.957 bits per heavy atom. The summed E-state index contributed by atoms with van der Waals surface area (Å²) in [6, 6.07) is 18.5. The number of amides is 2. The van der Waals surface area contributed by atoms with Crippen molar-refractivity contribution in [3.05, 3.63) is 71.8 Å². The van der Waals surface area contributed by atoms with Crippen LogP contribution in [-0.4, -0.2) is 16.9 Å². The van der Waals surface area contributed by atoms with Gasteiger partial charge < -0.3 is 5.11 Å². The molecule has 2 amide bonds. The first-order chi connectivity index (χ1) is 11.1. The highest BCUT2D eigenvalue weighted by Gasteiger charge is 2.40. The molecule has 0 aliphatic rings. The minimum atomic E-state index is -1.97. The fourth-order valence-electron chi connectivity index (χ4n) is 2.12. The fraction of sp³-hybridized carbons (Fsp3) is 0.118. The molecule has 6 nitrogen and oxygen atoms in total. The molecule has 0 aliphatic carbocycles. The minimum Gasteiger partial charge on any atom is -0.372 e. The predicted octanol–water partition coefficient (Wildman–Crippen LogP) is 0.984. The molecule has 0 unspecified atom stereocenters. The molecular formula is C17H15N3O3. The second-order valence-electron chi connectivity index (χ2n) is 4.78. The summed E-state index contributed by atoms with van der Waals surface area (Å²) in [5, 5.41) is 19.5. The van der Waals surface area contributed by atoms with Gasteiger partial charge in [-0.1, -0.05) is 60.7 Å². The molecule has 0 saturated carbocycles. The standard InChI is InChI=1S/C17H15N3O3/c18-12-11-15(21)19-20-16(22)17(23,13-7-3-1-4-8-13)14-9-5-2-6-10-14/h1-10,23H,11H2,(H,19,21)(H,20,22). The lowest BCUT2D eigenvalue weighted by Gasteiger charge is -2.28. The minimum absolute atomic E-state index is 0.359. The van der Waals surface area contributed by atoms with E-state index in [9.17, 15) is 14.7 Å². The Morgan fingerprint density at radius 2 is 1.43 bits per heavy atom. The van der Waals surface area contributed by atoms with Crippen LogP contribution >= 0.6 is 0 Å². The molecule has 116 valence electrons. The molecule has 0 aliphatic heterocycles. The average molecular weight is 309 g/mol. The summed E-state index contributed by atoms with van der Waals surface area (Å²) in [6.45, 7) is 0. The van der Waals surface area contributed by atoms with Gasteiger partial charge in [0.2, 0.25) is 0 Å². The topological polar surface area (TPSA) is 102 Å². The summed E-state index contributed by atoms with van der Waals surface area (Å²) in [7, 11) is 0. The molecule has 0 radical (unpaired) electrons. The fourth-order valence-corrected chi connectivity index (χ4v) is 2.12. The number of nitrogens with zero attached hydrogens (tertiary/aromatic N) is 1. The van der Waals surface area contributed by atoms with Crippen molar-refractivity contribution in [2.75, 3.05) is 0 Å². The van der Waals surface area contributed by atoms with E-state index in [-0.39, 0.29) is 0 Å². The molecular weight excluding hydrogens is 294 g/mol. The molecule has 0 heterocycles. The van der Waals surface area contributed by atoms with Crippen molar-refractivity contribution in [1.82, 2.24) is 10.9 Å². The van der Waals surface area contributed by atoms with Crippen LogP contribution < -0.4 is 10.9 Å². The van der Waals surface area contributed by atoms with E-state index in [1.165, 1.54) is 0 Å². The highest BCUT2D eigenvalue weighted by Crippen LogP contribution is 2.29. The molecule has 0 fully saturated rings. The molecule has 0 bridgehead atoms.